The number of anilines is 1. The lowest BCUT2D eigenvalue weighted by Gasteiger charge is -2.06. The van der Waals surface area contributed by atoms with Crippen LogP contribution in [-0.4, -0.2) is 26.9 Å². The molecule has 0 bridgehead atoms. The fourth-order valence-electron chi connectivity index (χ4n) is 1.40. The molecule has 1 aromatic heterocycles. The van der Waals surface area contributed by atoms with Crippen LogP contribution in [-0.2, 0) is 0 Å². The van der Waals surface area contributed by atoms with Gasteiger partial charge in [0.1, 0.15) is 5.75 Å². The summed E-state index contributed by atoms with van der Waals surface area (Å²) in [5.74, 6) is -1.22. The van der Waals surface area contributed by atoms with E-state index in [2.05, 4.69) is 15.3 Å². The van der Waals surface area contributed by atoms with E-state index < -0.39 is 11.8 Å². The maximum Gasteiger partial charge on any atom is 0.271 e. The van der Waals surface area contributed by atoms with Crippen LogP contribution < -0.4 is 11.1 Å². The van der Waals surface area contributed by atoms with Crippen LogP contribution in [0.4, 0.5) is 5.82 Å². The summed E-state index contributed by atoms with van der Waals surface area (Å²) >= 11 is 0. The Morgan fingerprint density at radius 1 is 1.11 bits per heavy atom. The van der Waals surface area contributed by atoms with E-state index in [1.54, 1.807) is 0 Å². The van der Waals surface area contributed by atoms with E-state index >= 15 is 0 Å². The molecule has 1 heterocycles. The third-order valence-electron chi connectivity index (χ3n) is 2.29. The van der Waals surface area contributed by atoms with Crippen LogP contribution in [0.3, 0.4) is 0 Å². The Labute approximate surface area is 108 Å². The SMILES string of the molecule is NC(=O)c1nccnc1NC(=O)c1ccc(O)cc1. The van der Waals surface area contributed by atoms with Crippen molar-refractivity contribution in [3.63, 3.8) is 0 Å². The molecule has 0 saturated carbocycles. The van der Waals surface area contributed by atoms with Gasteiger partial charge in [-0.15, -0.1) is 0 Å². The number of carbonyl (C=O) groups excluding carboxylic acids is 2. The number of hydrogen-bond acceptors (Lipinski definition) is 5. The number of nitrogens with two attached hydrogens (primary N) is 1. The van der Waals surface area contributed by atoms with Crippen molar-refractivity contribution in [3.8, 4) is 5.75 Å². The molecule has 96 valence electrons. The number of nitrogens with one attached hydrogen (secondary N) is 1. The zero-order valence-corrected chi connectivity index (χ0v) is 9.70. The van der Waals surface area contributed by atoms with Gasteiger partial charge in [-0.05, 0) is 24.3 Å². The Morgan fingerprint density at radius 2 is 1.74 bits per heavy atom. The number of phenolic OH excluding ortho intramolecular Hbond substituents is 1. The molecular weight excluding hydrogens is 248 g/mol. The van der Waals surface area contributed by atoms with Gasteiger partial charge in [-0.1, -0.05) is 0 Å². The molecule has 0 radical (unpaired) electrons. The average Bonchev–Trinajstić information content (AvgIpc) is 2.39. The van der Waals surface area contributed by atoms with Crippen molar-refractivity contribution in [1.29, 1.82) is 0 Å². The lowest BCUT2D eigenvalue weighted by Crippen LogP contribution is -2.20. The minimum absolute atomic E-state index is 0.00641. The van der Waals surface area contributed by atoms with Gasteiger partial charge < -0.3 is 16.2 Å². The van der Waals surface area contributed by atoms with E-state index in [1.165, 1.54) is 36.7 Å². The molecule has 0 fully saturated rings. The van der Waals surface area contributed by atoms with Crippen molar-refractivity contribution in [2.45, 2.75) is 0 Å². The number of phenols is 1. The van der Waals surface area contributed by atoms with Crippen LogP contribution in [0.1, 0.15) is 20.8 Å². The lowest BCUT2D eigenvalue weighted by molar-refractivity contribution is 0.0996. The highest BCUT2D eigenvalue weighted by atomic mass is 16.3. The number of nitrogens with zero attached hydrogens (tertiary/aromatic N) is 2. The molecule has 2 amide bonds. The van der Waals surface area contributed by atoms with Gasteiger partial charge in [0.25, 0.3) is 11.8 Å². The molecule has 7 nitrogen and oxygen atoms in total. The molecule has 0 spiro atoms. The topological polar surface area (TPSA) is 118 Å². The first-order chi connectivity index (χ1) is 9.08. The summed E-state index contributed by atoms with van der Waals surface area (Å²) in [7, 11) is 0. The number of amides is 2. The van der Waals surface area contributed by atoms with Gasteiger partial charge >= 0.3 is 0 Å². The first-order valence-electron chi connectivity index (χ1n) is 5.29. The second-order valence-electron chi connectivity index (χ2n) is 3.62. The van der Waals surface area contributed by atoms with Crippen LogP contribution in [0.5, 0.6) is 5.75 Å². The van der Waals surface area contributed by atoms with Crippen molar-refractivity contribution in [3.05, 3.63) is 47.9 Å². The standard InChI is InChI=1S/C12H10N4O3/c13-10(18)9-11(15-6-5-14-9)16-12(19)7-1-3-8(17)4-2-7/h1-6,17H,(H2,13,18)(H,15,16,19). The molecule has 2 aromatic rings. The summed E-state index contributed by atoms with van der Waals surface area (Å²) in [5.41, 5.74) is 5.31. The van der Waals surface area contributed by atoms with Crippen LogP contribution in [0, 0.1) is 0 Å². The summed E-state index contributed by atoms with van der Waals surface area (Å²) in [4.78, 5) is 30.6. The van der Waals surface area contributed by atoms with Gasteiger partial charge in [-0.2, -0.15) is 0 Å². The fourth-order valence-corrected chi connectivity index (χ4v) is 1.40. The van der Waals surface area contributed by atoms with Crippen molar-refractivity contribution >= 4 is 17.6 Å². The summed E-state index contributed by atoms with van der Waals surface area (Å²) in [6.07, 6.45) is 2.63. The van der Waals surface area contributed by atoms with E-state index in [-0.39, 0.29) is 17.3 Å². The van der Waals surface area contributed by atoms with Gasteiger partial charge in [0, 0.05) is 18.0 Å². The van der Waals surface area contributed by atoms with Gasteiger partial charge in [-0.25, -0.2) is 9.97 Å². The number of primary amides is 1. The molecule has 0 unspecified atom stereocenters. The number of carbonyl (C=O) groups is 2. The van der Waals surface area contributed by atoms with Gasteiger partial charge in [0.2, 0.25) is 0 Å². The molecule has 0 atom stereocenters. The van der Waals surface area contributed by atoms with E-state index in [0.717, 1.165) is 0 Å². The maximum absolute atomic E-state index is 11.9. The highest BCUT2D eigenvalue weighted by Crippen LogP contribution is 2.13. The lowest BCUT2D eigenvalue weighted by atomic mass is 10.2. The smallest absolute Gasteiger partial charge is 0.271 e. The van der Waals surface area contributed by atoms with E-state index in [1.807, 2.05) is 0 Å². The fraction of sp³-hybridized carbons (Fsp3) is 0. The van der Waals surface area contributed by atoms with E-state index in [4.69, 9.17) is 10.8 Å². The second-order valence-corrected chi connectivity index (χ2v) is 3.62. The Hall–Kier alpha value is -2.96. The number of aromatic hydroxyl groups is 1. The second kappa shape index (κ2) is 5.13. The summed E-state index contributed by atoms with van der Waals surface area (Å²) in [6, 6.07) is 5.62. The summed E-state index contributed by atoms with van der Waals surface area (Å²) in [6.45, 7) is 0. The number of benzene rings is 1. The predicted molar refractivity (Wildman–Crippen MR) is 66.6 cm³/mol. The monoisotopic (exact) mass is 258 g/mol. The minimum Gasteiger partial charge on any atom is -0.508 e. The summed E-state index contributed by atoms with van der Waals surface area (Å²) in [5, 5.41) is 11.6. The molecule has 19 heavy (non-hydrogen) atoms. The van der Waals surface area contributed by atoms with Crippen LogP contribution in [0.25, 0.3) is 0 Å². The van der Waals surface area contributed by atoms with Gasteiger partial charge in [0.05, 0.1) is 0 Å². The van der Waals surface area contributed by atoms with E-state index in [0.29, 0.717) is 5.56 Å². The third-order valence-corrected chi connectivity index (χ3v) is 2.29. The molecule has 7 heteroatoms. The Kier molecular flexibility index (Phi) is 3.37. The zero-order chi connectivity index (χ0) is 13.8. The van der Waals surface area contributed by atoms with Crippen molar-refractivity contribution in [2.75, 3.05) is 5.32 Å². The normalized spacial score (nSPS) is 9.89. The quantitative estimate of drug-likeness (QED) is 0.742. The minimum atomic E-state index is -0.783. The van der Waals surface area contributed by atoms with Crippen LogP contribution in [0.15, 0.2) is 36.7 Å². The summed E-state index contributed by atoms with van der Waals surface area (Å²) < 4.78 is 0. The maximum atomic E-state index is 11.9. The molecule has 2 rings (SSSR count). The van der Waals surface area contributed by atoms with Gasteiger partial charge in [0.15, 0.2) is 11.5 Å². The molecule has 0 aliphatic rings. The van der Waals surface area contributed by atoms with Crippen molar-refractivity contribution in [2.24, 2.45) is 5.73 Å². The average molecular weight is 258 g/mol. The first-order valence-corrected chi connectivity index (χ1v) is 5.29. The number of hydrogen-bond donors (Lipinski definition) is 3. The Morgan fingerprint density at radius 3 is 2.37 bits per heavy atom. The molecule has 1 aromatic carbocycles. The van der Waals surface area contributed by atoms with E-state index in [9.17, 15) is 9.59 Å². The van der Waals surface area contributed by atoms with Crippen molar-refractivity contribution < 1.29 is 14.7 Å². The zero-order valence-electron chi connectivity index (χ0n) is 9.70. The van der Waals surface area contributed by atoms with Gasteiger partial charge in [-0.3, -0.25) is 9.59 Å². The Bertz CT molecular complexity index is 625. The molecule has 0 aliphatic heterocycles. The predicted octanol–water partition coefficient (Wildman–Crippen LogP) is 0.533. The highest BCUT2D eigenvalue weighted by molar-refractivity contribution is 6.07. The molecular formula is C12H10N4O3. The first kappa shape index (κ1) is 12.5. The Balaban J connectivity index is 2.24. The molecule has 0 saturated heterocycles. The largest absolute Gasteiger partial charge is 0.508 e. The molecule has 4 N–H and O–H groups in total. The molecule has 0 aliphatic carbocycles. The third kappa shape index (κ3) is 2.83. The highest BCUT2D eigenvalue weighted by Gasteiger charge is 2.14. The number of rotatable bonds is 3. The van der Waals surface area contributed by atoms with Crippen molar-refractivity contribution in [1.82, 2.24) is 9.97 Å². The van der Waals surface area contributed by atoms with Crippen LogP contribution >= 0.6 is 0 Å². The van der Waals surface area contributed by atoms with Crippen LogP contribution in [0.2, 0.25) is 0 Å². The number of aromatic nitrogens is 2.